The minimum atomic E-state index is -1.01. The number of fused-ring (bicyclic) bond motifs is 1. The highest BCUT2D eigenvalue weighted by molar-refractivity contribution is 6.62. The van der Waals surface area contributed by atoms with E-state index in [1.165, 1.54) is 6.07 Å². The van der Waals surface area contributed by atoms with Crippen LogP contribution >= 0.6 is 0 Å². The SMILES string of the molecule is CC.COCCn1c(Cc2cc(F)c(B3OC(C)(C)C(C)(C)O3)cc2F)nc2ccc(C(=O)OC(C)(C)C)cc21. The number of carbonyl (C=O) groups excluding carboxylic acids is 1. The highest BCUT2D eigenvalue weighted by Gasteiger charge is 2.52. The Hall–Kier alpha value is -2.82. The Kier molecular flexibility index (Phi) is 9.49. The van der Waals surface area contributed by atoms with Gasteiger partial charge in [-0.1, -0.05) is 13.8 Å². The summed E-state index contributed by atoms with van der Waals surface area (Å²) in [5.74, 6) is -1.14. The van der Waals surface area contributed by atoms with Crippen LogP contribution in [0.1, 0.15) is 84.1 Å². The van der Waals surface area contributed by atoms with Crippen LogP contribution in [0, 0.1) is 11.6 Å². The third kappa shape index (κ3) is 6.73. The largest absolute Gasteiger partial charge is 0.497 e. The van der Waals surface area contributed by atoms with Gasteiger partial charge in [0.15, 0.2) is 0 Å². The topological polar surface area (TPSA) is 71.8 Å². The maximum atomic E-state index is 15.3. The van der Waals surface area contributed by atoms with Gasteiger partial charge in [-0.3, -0.25) is 0 Å². The van der Waals surface area contributed by atoms with E-state index in [-0.39, 0.29) is 17.4 Å². The van der Waals surface area contributed by atoms with E-state index in [1.807, 2.05) is 46.1 Å². The van der Waals surface area contributed by atoms with Crippen LogP contribution in [0.3, 0.4) is 0 Å². The molecule has 0 aliphatic carbocycles. The molecule has 2 aromatic carbocycles. The predicted octanol–water partition coefficient (Wildman–Crippen LogP) is 5.83. The lowest BCUT2D eigenvalue weighted by molar-refractivity contribution is 0.00578. The molecule has 1 aliphatic heterocycles. The molecule has 7 nitrogen and oxygen atoms in total. The number of methoxy groups -OCH3 is 1. The fourth-order valence-corrected chi connectivity index (χ4v) is 4.26. The van der Waals surface area contributed by atoms with Gasteiger partial charge < -0.3 is 23.3 Å². The molecule has 2 heterocycles. The van der Waals surface area contributed by atoms with Gasteiger partial charge in [0.1, 0.15) is 23.1 Å². The van der Waals surface area contributed by atoms with E-state index in [9.17, 15) is 4.79 Å². The lowest BCUT2D eigenvalue weighted by Crippen LogP contribution is -2.41. The average Bonchev–Trinajstić information content (AvgIpc) is 3.30. The highest BCUT2D eigenvalue weighted by Crippen LogP contribution is 2.37. The molecule has 0 radical (unpaired) electrons. The number of carbonyl (C=O) groups is 1. The summed E-state index contributed by atoms with van der Waals surface area (Å²) < 4.78 is 55.0. The molecule has 0 spiro atoms. The van der Waals surface area contributed by atoms with Crippen LogP contribution in [0.5, 0.6) is 0 Å². The number of aromatic nitrogens is 2. The Morgan fingerprint density at radius 2 is 1.65 bits per heavy atom. The number of nitrogens with zero attached hydrogens (tertiary/aromatic N) is 2. The molecule has 0 unspecified atom stereocenters. The zero-order valence-corrected chi connectivity index (χ0v) is 25.3. The number of ether oxygens (including phenoxy) is 2. The van der Waals surface area contributed by atoms with E-state index in [1.54, 1.807) is 46.1 Å². The minimum absolute atomic E-state index is 0.0137. The first-order valence-corrected chi connectivity index (χ1v) is 13.7. The number of imidazole rings is 1. The van der Waals surface area contributed by atoms with Crippen molar-refractivity contribution in [1.82, 2.24) is 9.55 Å². The lowest BCUT2D eigenvalue weighted by atomic mass is 9.78. The third-order valence-electron chi connectivity index (χ3n) is 7.00. The summed E-state index contributed by atoms with van der Waals surface area (Å²) in [5.41, 5.74) is -0.159. The summed E-state index contributed by atoms with van der Waals surface area (Å²) in [5, 5.41) is 0. The first-order chi connectivity index (χ1) is 18.6. The zero-order chi connectivity index (χ0) is 30.0. The number of rotatable bonds is 7. The molecule has 0 bridgehead atoms. The van der Waals surface area contributed by atoms with Gasteiger partial charge in [0.2, 0.25) is 0 Å². The number of halogens is 2. The molecular weight excluding hydrogens is 517 g/mol. The summed E-state index contributed by atoms with van der Waals surface area (Å²) in [6, 6.07) is 7.37. The molecular formula is C30H41BF2N2O5. The molecule has 4 rings (SSSR count). The molecule has 218 valence electrons. The molecule has 40 heavy (non-hydrogen) atoms. The maximum absolute atomic E-state index is 15.3. The van der Waals surface area contributed by atoms with Crippen molar-refractivity contribution in [2.24, 2.45) is 0 Å². The monoisotopic (exact) mass is 558 g/mol. The standard InChI is InChI=1S/C28H35BF2N2O5.C2H6/c1-26(2,3)36-25(34)17-9-10-22-23(14-17)33(11-12-35-8)24(32-22)15-18-13-21(31)19(16-20(18)30)29-37-27(4,5)28(6,7)38-29;1-2/h9-10,13-14,16H,11-12,15H2,1-8H3;1-2H3. The van der Waals surface area contributed by atoms with Crippen molar-refractivity contribution in [3.05, 3.63) is 58.9 Å². The van der Waals surface area contributed by atoms with Crippen LogP contribution in [0.2, 0.25) is 0 Å². The van der Waals surface area contributed by atoms with E-state index >= 15 is 8.78 Å². The van der Waals surface area contributed by atoms with Gasteiger partial charge in [-0.05, 0) is 84.4 Å². The Bertz CT molecular complexity index is 1350. The molecule has 1 saturated heterocycles. The summed E-state index contributed by atoms with van der Waals surface area (Å²) in [6.45, 7) is 17.6. The number of hydrogen-bond acceptors (Lipinski definition) is 6. The predicted molar refractivity (Wildman–Crippen MR) is 153 cm³/mol. The van der Waals surface area contributed by atoms with Crippen LogP contribution in [0.4, 0.5) is 8.78 Å². The summed E-state index contributed by atoms with van der Waals surface area (Å²) >= 11 is 0. The Morgan fingerprint density at radius 3 is 2.23 bits per heavy atom. The normalized spacial score (nSPS) is 16.1. The van der Waals surface area contributed by atoms with E-state index in [0.29, 0.717) is 35.6 Å². The summed E-state index contributed by atoms with van der Waals surface area (Å²) in [4.78, 5) is 17.3. The zero-order valence-electron chi connectivity index (χ0n) is 25.3. The lowest BCUT2D eigenvalue weighted by Gasteiger charge is -2.32. The fourth-order valence-electron chi connectivity index (χ4n) is 4.26. The maximum Gasteiger partial charge on any atom is 0.497 e. The smallest absolute Gasteiger partial charge is 0.456 e. The third-order valence-corrected chi connectivity index (χ3v) is 7.00. The first kappa shape index (κ1) is 31.7. The Morgan fingerprint density at radius 1 is 1.02 bits per heavy atom. The van der Waals surface area contributed by atoms with E-state index < -0.39 is 41.5 Å². The van der Waals surface area contributed by atoms with Crippen LogP contribution < -0.4 is 5.46 Å². The van der Waals surface area contributed by atoms with Crippen molar-refractivity contribution in [2.45, 2.75) is 92.1 Å². The van der Waals surface area contributed by atoms with Gasteiger partial charge in [-0.15, -0.1) is 0 Å². The van der Waals surface area contributed by atoms with Gasteiger partial charge in [0.25, 0.3) is 0 Å². The summed E-state index contributed by atoms with van der Waals surface area (Å²) in [6.07, 6.45) is 0.0343. The van der Waals surface area contributed by atoms with Crippen molar-refractivity contribution >= 4 is 29.6 Å². The number of hydrogen-bond donors (Lipinski definition) is 0. The van der Waals surface area contributed by atoms with E-state index in [0.717, 1.165) is 6.07 Å². The van der Waals surface area contributed by atoms with Crippen LogP contribution in [0.15, 0.2) is 30.3 Å². The molecule has 0 amide bonds. The second kappa shape index (κ2) is 12.0. The van der Waals surface area contributed by atoms with Crippen molar-refractivity contribution in [3.63, 3.8) is 0 Å². The molecule has 1 fully saturated rings. The highest BCUT2D eigenvalue weighted by atomic mass is 19.1. The molecule has 3 aromatic rings. The molecule has 0 N–H and O–H groups in total. The molecule has 0 saturated carbocycles. The minimum Gasteiger partial charge on any atom is -0.456 e. The van der Waals surface area contributed by atoms with Gasteiger partial charge in [-0.2, -0.15) is 0 Å². The quantitative estimate of drug-likeness (QED) is 0.268. The summed E-state index contributed by atoms with van der Waals surface area (Å²) in [7, 11) is 0.565. The first-order valence-electron chi connectivity index (χ1n) is 13.7. The average molecular weight is 558 g/mol. The van der Waals surface area contributed by atoms with Crippen LogP contribution in [-0.4, -0.2) is 53.2 Å². The fraction of sp³-hybridized carbons (Fsp3) is 0.533. The Balaban J connectivity index is 0.00000216. The van der Waals surface area contributed by atoms with E-state index in [2.05, 4.69) is 4.98 Å². The number of benzene rings is 2. The molecule has 1 aromatic heterocycles. The van der Waals surface area contributed by atoms with Crippen molar-refractivity contribution in [3.8, 4) is 0 Å². The van der Waals surface area contributed by atoms with Crippen molar-refractivity contribution in [2.75, 3.05) is 13.7 Å². The second-order valence-electron chi connectivity index (χ2n) is 11.6. The van der Waals surface area contributed by atoms with Gasteiger partial charge in [0, 0.05) is 25.5 Å². The van der Waals surface area contributed by atoms with E-state index in [4.69, 9.17) is 18.8 Å². The van der Waals surface area contributed by atoms with Gasteiger partial charge >= 0.3 is 13.1 Å². The molecule has 0 atom stereocenters. The van der Waals surface area contributed by atoms with Gasteiger partial charge in [0.05, 0.1) is 34.4 Å². The molecule has 10 heteroatoms. The Labute approximate surface area is 236 Å². The van der Waals surface area contributed by atoms with Gasteiger partial charge in [-0.25, -0.2) is 18.6 Å². The van der Waals surface area contributed by atoms with Crippen molar-refractivity contribution in [1.29, 1.82) is 0 Å². The number of esters is 1. The second-order valence-corrected chi connectivity index (χ2v) is 11.6. The van der Waals surface area contributed by atoms with Crippen molar-refractivity contribution < 1.29 is 32.4 Å². The van der Waals surface area contributed by atoms with Crippen LogP contribution in [0.25, 0.3) is 11.0 Å². The van der Waals surface area contributed by atoms with Crippen LogP contribution in [-0.2, 0) is 31.7 Å². The molecule has 1 aliphatic rings.